The van der Waals surface area contributed by atoms with Gasteiger partial charge in [0.25, 0.3) is 15.9 Å². The van der Waals surface area contributed by atoms with Gasteiger partial charge in [-0.15, -0.1) is 0 Å². The molecule has 0 aromatic heterocycles. The van der Waals surface area contributed by atoms with Crippen LogP contribution in [0, 0.1) is 0 Å². The highest BCUT2D eigenvalue weighted by molar-refractivity contribution is 7.92. The Labute approximate surface area is 203 Å². The Morgan fingerprint density at radius 2 is 1.77 bits per heavy atom. The second-order valence-corrected chi connectivity index (χ2v) is 9.63. The number of hydrogen-bond donors (Lipinski definition) is 2. The topological polar surface area (TPSA) is 128 Å². The number of hydrogen-bond acceptors (Lipinski definition) is 6. The Bertz CT molecular complexity index is 1300. The third-order valence-electron chi connectivity index (χ3n) is 5.42. The molecule has 1 atom stereocenters. The number of carbonyl (C=O) groups excluding carboxylic acids is 2. The Hall–Kier alpha value is -3.89. The summed E-state index contributed by atoms with van der Waals surface area (Å²) in [7, 11) is -3.95. The molecule has 1 aliphatic rings. The first-order chi connectivity index (χ1) is 16.8. The standard InChI is InChI=1S/C25H25N3O6S/c26-24(29)23-16-28(13-14-33-23)25(30)19-7-4-8-22(15-19)35(31,32)27-20-9-11-21(12-10-20)34-17-18-5-2-1-3-6-18/h1-12,15,23,27H,13-14,16-17H2,(H2,26,29). The van der Waals surface area contributed by atoms with E-state index in [0.717, 1.165) is 5.56 Å². The first kappa shape index (κ1) is 24.2. The quantitative estimate of drug-likeness (QED) is 0.494. The fourth-order valence-electron chi connectivity index (χ4n) is 3.56. The van der Waals surface area contributed by atoms with Crippen molar-refractivity contribution in [1.29, 1.82) is 0 Å². The van der Waals surface area contributed by atoms with E-state index < -0.39 is 27.9 Å². The number of rotatable bonds is 8. The van der Waals surface area contributed by atoms with Crippen LogP contribution in [0.25, 0.3) is 0 Å². The molecule has 1 aliphatic heterocycles. The fourth-order valence-corrected chi connectivity index (χ4v) is 4.66. The molecule has 1 heterocycles. The molecule has 3 aromatic carbocycles. The molecule has 0 spiro atoms. The van der Waals surface area contributed by atoms with E-state index in [2.05, 4.69) is 4.72 Å². The fraction of sp³-hybridized carbons (Fsp3) is 0.200. The average molecular weight is 496 g/mol. The number of benzene rings is 3. The number of anilines is 1. The van der Waals surface area contributed by atoms with Gasteiger partial charge in [-0.25, -0.2) is 8.42 Å². The number of amides is 2. The second kappa shape index (κ2) is 10.6. The van der Waals surface area contributed by atoms with Gasteiger partial charge >= 0.3 is 0 Å². The summed E-state index contributed by atoms with van der Waals surface area (Å²) in [4.78, 5) is 25.7. The number of primary amides is 1. The van der Waals surface area contributed by atoms with Crippen molar-refractivity contribution in [1.82, 2.24) is 4.90 Å². The Balaban J connectivity index is 1.42. The van der Waals surface area contributed by atoms with Crippen molar-refractivity contribution in [3.05, 3.63) is 90.0 Å². The van der Waals surface area contributed by atoms with Crippen LogP contribution in [0.4, 0.5) is 5.69 Å². The van der Waals surface area contributed by atoms with Crippen molar-refractivity contribution >= 4 is 27.5 Å². The van der Waals surface area contributed by atoms with E-state index in [1.54, 1.807) is 24.3 Å². The lowest BCUT2D eigenvalue weighted by Gasteiger charge is -2.31. The van der Waals surface area contributed by atoms with Gasteiger partial charge in [-0.3, -0.25) is 14.3 Å². The zero-order chi connectivity index (χ0) is 24.8. The summed E-state index contributed by atoms with van der Waals surface area (Å²) in [6, 6.07) is 22.0. The smallest absolute Gasteiger partial charge is 0.261 e. The van der Waals surface area contributed by atoms with Crippen molar-refractivity contribution in [2.45, 2.75) is 17.6 Å². The predicted octanol–water partition coefficient (Wildman–Crippen LogP) is 2.39. The Kier molecular flexibility index (Phi) is 7.33. The van der Waals surface area contributed by atoms with E-state index in [0.29, 0.717) is 18.0 Å². The Morgan fingerprint density at radius 3 is 2.49 bits per heavy atom. The summed E-state index contributed by atoms with van der Waals surface area (Å²) in [5.74, 6) is -0.458. The number of carbonyl (C=O) groups is 2. The third kappa shape index (κ3) is 6.17. The van der Waals surface area contributed by atoms with Crippen molar-refractivity contribution in [3.8, 4) is 5.75 Å². The van der Waals surface area contributed by atoms with Gasteiger partial charge in [0.05, 0.1) is 18.0 Å². The number of nitrogens with one attached hydrogen (secondary N) is 1. The van der Waals surface area contributed by atoms with E-state index in [4.69, 9.17) is 15.2 Å². The Morgan fingerprint density at radius 1 is 1.03 bits per heavy atom. The molecule has 0 saturated carbocycles. The molecule has 182 valence electrons. The van der Waals surface area contributed by atoms with Gasteiger partial charge in [0.2, 0.25) is 5.91 Å². The summed E-state index contributed by atoms with van der Waals surface area (Å²) >= 11 is 0. The van der Waals surface area contributed by atoms with Crippen LogP contribution in [0.1, 0.15) is 15.9 Å². The van der Waals surface area contributed by atoms with Crippen LogP contribution in [-0.2, 0) is 26.2 Å². The van der Waals surface area contributed by atoms with E-state index in [1.165, 1.54) is 29.2 Å². The van der Waals surface area contributed by atoms with E-state index in [-0.39, 0.29) is 30.2 Å². The zero-order valence-electron chi connectivity index (χ0n) is 18.8. The van der Waals surface area contributed by atoms with Crippen LogP contribution in [-0.4, -0.2) is 50.9 Å². The largest absolute Gasteiger partial charge is 0.489 e. The van der Waals surface area contributed by atoms with Crippen LogP contribution in [0.5, 0.6) is 5.75 Å². The van der Waals surface area contributed by atoms with Gasteiger partial charge < -0.3 is 20.1 Å². The average Bonchev–Trinajstić information content (AvgIpc) is 2.88. The van der Waals surface area contributed by atoms with Crippen LogP contribution in [0.15, 0.2) is 83.8 Å². The molecular formula is C25H25N3O6S. The van der Waals surface area contributed by atoms with Crippen molar-refractivity contribution in [3.63, 3.8) is 0 Å². The minimum absolute atomic E-state index is 0.0160. The van der Waals surface area contributed by atoms with Gasteiger partial charge in [-0.2, -0.15) is 0 Å². The van der Waals surface area contributed by atoms with Crippen LogP contribution >= 0.6 is 0 Å². The van der Waals surface area contributed by atoms with Gasteiger partial charge in [0.1, 0.15) is 12.4 Å². The van der Waals surface area contributed by atoms with E-state index >= 15 is 0 Å². The lowest BCUT2D eigenvalue weighted by molar-refractivity contribution is -0.133. The molecule has 1 unspecified atom stereocenters. The summed E-state index contributed by atoms with van der Waals surface area (Å²) in [6.07, 6.45) is -0.888. The number of ether oxygens (including phenoxy) is 2. The minimum atomic E-state index is -3.95. The minimum Gasteiger partial charge on any atom is -0.489 e. The molecule has 1 fully saturated rings. The maximum atomic E-state index is 12.9. The molecular weight excluding hydrogens is 470 g/mol. The second-order valence-electron chi connectivity index (χ2n) is 7.94. The van der Waals surface area contributed by atoms with Crippen LogP contribution in [0.2, 0.25) is 0 Å². The number of nitrogens with two attached hydrogens (primary N) is 1. The molecule has 0 bridgehead atoms. The van der Waals surface area contributed by atoms with Gasteiger partial charge in [-0.1, -0.05) is 36.4 Å². The third-order valence-corrected chi connectivity index (χ3v) is 6.80. The van der Waals surface area contributed by atoms with Crippen LogP contribution in [0.3, 0.4) is 0 Å². The number of morpholine rings is 1. The van der Waals surface area contributed by atoms with Crippen molar-refractivity contribution < 1.29 is 27.5 Å². The van der Waals surface area contributed by atoms with Gasteiger partial charge in [0.15, 0.2) is 6.10 Å². The lowest BCUT2D eigenvalue weighted by atomic mass is 10.1. The first-order valence-corrected chi connectivity index (χ1v) is 12.4. The predicted molar refractivity (Wildman–Crippen MR) is 129 cm³/mol. The van der Waals surface area contributed by atoms with Gasteiger partial charge in [-0.05, 0) is 48.0 Å². The highest BCUT2D eigenvalue weighted by Crippen LogP contribution is 2.22. The number of sulfonamides is 1. The van der Waals surface area contributed by atoms with Crippen LogP contribution < -0.4 is 15.2 Å². The monoisotopic (exact) mass is 495 g/mol. The highest BCUT2D eigenvalue weighted by atomic mass is 32.2. The molecule has 9 nitrogen and oxygen atoms in total. The summed E-state index contributed by atoms with van der Waals surface area (Å²) in [5.41, 5.74) is 6.84. The normalized spacial score (nSPS) is 15.9. The molecule has 0 radical (unpaired) electrons. The molecule has 0 aliphatic carbocycles. The first-order valence-electron chi connectivity index (χ1n) is 10.9. The molecule has 3 N–H and O–H groups in total. The molecule has 4 rings (SSSR count). The molecule has 2 amide bonds. The lowest BCUT2D eigenvalue weighted by Crippen LogP contribution is -2.50. The molecule has 10 heteroatoms. The van der Waals surface area contributed by atoms with E-state index in [1.807, 2.05) is 30.3 Å². The summed E-state index contributed by atoms with van der Waals surface area (Å²) in [5, 5.41) is 0. The van der Waals surface area contributed by atoms with E-state index in [9.17, 15) is 18.0 Å². The zero-order valence-corrected chi connectivity index (χ0v) is 19.6. The molecule has 35 heavy (non-hydrogen) atoms. The maximum Gasteiger partial charge on any atom is 0.261 e. The SMILES string of the molecule is NC(=O)C1CN(C(=O)c2cccc(S(=O)(=O)Nc3ccc(OCc4ccccc4)cc3)c2)CCO1. The van der Waals surface area contributed by atoms with Gasteiger partial charge in [0, 0.05) is 17.8 Å². The van der Waals surface area contributed by atoms with Crippen molar-refractivity contribution in [2.24, 2.45) is 5.73 Å². The highest BCUT2D eigenvalue weighted by Gasteiger charge is 2.29. The van der Waals surface area contributed by atoms with Crippen molar-refractivity contribution in [2.75, 3.05) is 24.4 Å². The summed E-state index contributed by atoms with van der Waals surface area (Å²) in [6.45, 7) is 0.860. The summed E-state index contributed by atoms with van der Waals surface area (Å²) < 4.78 is 39.4. The molecule has 3 aromatic rings. The number of nitrogens with zero attached hydrogens (tertiary/aromatic N) is 1. The maximum absolute atomic E-state index is 12.9. The molecule has 1 saturated heterocycles.